The van der Waals surface area contributed by atoms with Gasteiger partial charge in [0, 0.05) is 48.3 Å². The predicted molar refractivity (Wildman–Crippen MR) is 158 cm³/mol. The van der Waals surface area contributed by atoms with Crippen molar-refractivity contribution in [2.75, 3.05) is 6.54 Å². The molecule has 5 heterocycles. The maximum Gasteiger partial charge on any atom is 0.410 e. The topological polar surface area (TPSA) is 110 Å². The van der Waals surface area contributed by atoms with Gasteiger partial charge in [0.2, 0.25) is 0 Å². The quantitative estimate of drug-likeness (QED) is 0.312. The lowest BCUT2D eigenvalue weighted by Crippen LogP contribution is -2.48. The predicted octanol–water partition coefficient (Wildman–Crippen LogP) is 5.73. The summed E-state index contributed by atoms with van der Waals surface area (Å²) in [5.41, 5.74) is 2.30. The van der Waals surface area contributed by atoms with E-state index in [9.17, 15) is 9.59 Å². The number of aldehydes is 1. The standard InChI is InChI=1S/C23H32N4O2.C9H6N2O/c1-23(2,3)29-22(28)27-19(13-17-7-4-5-9-20(17)27)15-24-14-18-11-10-16-8-6-12-25-21(16)26-18;12-6-8-4-3-7-2-1-5-10-9(7)11-8/h6,8,10-12,17,19-20,24H,4-5,7,9,13-15H2,1-3H3;1-6H/t17-,19-,20-;/m0./s1. The molecule has 0 bridgehead atoms. The van der Waals surface area contributed by atoms with Crippen molar-refractivity contribution in [2.24, 2.45) is 5.92 Å². The Labute approximate surface area is 240 Å². The van der Waals surface area contributed by atoms with Crippen LogP contribution in [-0.2, 0) is 11.3 Å². The van der Waals surface area contributed by atoms with Crippen LogP contribution in [0, 0.1) is 5.92 Å². The number of nitrogens with one attached hydrogen (secondary N) is 1. The smallest absolute Gasteiger partial charge is 0.410 e. The molecular formula is C32H38N6O3. The summed E-state index contributed by atoms with van der Waals surface area (Å²) < 4.78 is 5.75. The van der Waals surface area contributed by atoms with Crippen LogP contribution in [0.5, 0.6) is 0 Å². The molecular weight excluding hydrogens is 516 g/mol. The summed E-state index contributed by atoms with van der Waals surface area (Å²) in [4.78, 5) is 42.4. The number of fused-ring (bicyclic) bond motifs is 3. The minimum absolute atomic E-state index is 0.160. The van der Waals surface area contributed by atoms with Crippen LogP contribution in [0.3, 0.4) is 0 Å². The molecule has 214 valence electrons. The van der Waals surface area contributed by atoms with Gasteiger partial charge in [-0.25, -0.2) is 24.7 Å². The van der Waals surface area contributed by atoms with Gasteiger partial charge in [-0.05, 0) is 94.5 Å². The maximum absolute atomic E-state index is 13.0. The highest BCUT2D eigenvalue weighted by Gasteiger charge is 2.45. The molecule has 4 aromatic heterocycles. The highest BCUT2D eigenvalue weighted by molar-refractivity contribution is 5.80. The highest BCUT2D eigenvalue weighted by atomic mass is 16.6. The van der Waals surface area contributed by atoms with E-state index in [1.807, 2.05) is 62.1 Å². The molecule has 6 rings (SSSR count). The van der Waals surface area contributed by atoms with E-state index in [0.717, 1.165) is 41.5 Å². The second kappa shape index (κ2) is 12.7. The third-order valence-corrected chi connectivity index (χ3v) is 7.61. The van der Waals surface area contributed by atoms with Crippen LogP contribution in [0.15, 0.2) is 60.9 Å². The van der Waals surface area contributed by atoms with Crippen molar-refractivity contribution in [1.82, 2.24) is 30.2 Å². The average Bonchev–Trinajstić information content (AvgIpc) is 3.35. The Hall–Kier alpha value is -3.98. The first-order valence-electron chi connectivity index (χ1n) is 14.4. The fraction of sp³-hybridized carbons (Fsp3) is 0.438. The Kier molecular flexibility index (Phi) is 8.83. The summed E-state index contributed by atoms with van der Waals surface area (Å²) in [6, 6.07) is 15.8. The van der Waals surface area contributed by atoms with Crippen molar-refractivity contribution in [3.8, 4) is 0 Å². The number of likely N-dealkylation sites (tertiary alicyclic amines) is 1. The van der Waals surface area contributed by atoms with Crippen LogP contribution < -0.4 is 5.32 Å². The van der Waals surface area contributed by atoms with Crippen molar-refractivity contribution in [3.05, 3.63) is 72.3 Å². The van der Waals surface area contributed by atoms with Crippen LogP contribution in [0.2, 0.25) is 0 Å². The average molecular weight is 555 g/mol. The Bertz CT molecular complexity index is 1500. The lowest BCUT2D eigenvalue weighted by Gasteiger charge is -2.35. The molecule has 9 nitrogen and oxygen atoms in total. The number of pyridine rings is 4. The molecule has 1 N–H and O–H groups in total. The molecule has 2 aliphatic rings. The molecule has 1 saturated carbocycles. The molecule has 41 heavy (non-hydrogen) atoms. The van der Waals surface area contributed by atoms with Crippen molar-refractivity contribution in [1.29, 1.82) is 0 Å². The van der Waals surface area contributed by atoms with Gasteiger partial charge in [0.15, 0.2) is 17.6 Å². The van der Waals surface area contributed by atoms with E-state index in [1.165, 1.54) is 19.3 Å². The third-order valence-electron chi connectivity index (χ3n) is 7.61. The fourth-order valence-electron chi connectivity index (χ4n) is 5.83. The van der Waals surface area contributed by atoms with Crippen LogP contribution in [0.1, 0.15) is 69.1 Å². The summed E-state index contributed by atoms with van der Waals surface area (Å²) in [6.45, 7) is 7.23. The summed E-state index contributed by atoms with van der Waals surface area (Å²) in [5.74, 6) is 0.603. The van der Waals surface area contributed by atoms with E-state index in [2.05, 4.69) is 31.3 Å². The molecule has 1 aliphatic heterocycles. The molecule has 9 heteroatoms. The van der Waals surface area contributed by atoms with Gasteiger partial charge in [0.05, 0.1) is 5.69 Å². The third kappa shape index (κ3) is 7.21. The molecule has 1 saturated heterocycles. The molecule has 1 aliphatic carbocycles. The van der Waals surface area contributed by atoms with Gasteiger partial charge < -0.3 is 15.0 Å². The minimum Gasteiger partial charge on any atom is -0.444 e. The van der Waals surface area contributed by atoms with E-state index in [0.29, 0.717) is 36.1 Å². The minimum atomic E-state index is -0.468. The molecule has 3 atom stereocenters. The molecule has 0 radical (unpaired) electrons. The van der Waals surface area contributed by atoms with E-state index >= 15 is 0 Å². The normalized spacial score (nSPS) is 20.3. The maximum atomic E-state index is 13.0. The van der Waals surface area contributed by atoms with Gasteiger partial charge in [-0.2, -0.15) is 0 Å². The summed E-state index contributed by atoms with van der Waals surface area (Å²) >= 11 is 0. The van der Waals surface area contributed by atoms with Crippen LogP contribution >= 0.6 is 0 Å². The molecule has 0 aromatic carbocycles. The Morgan fingerprint density at radius 3 is 2.37 bits per heavy atom. The largest absolute Gasteiger partial charge is 0.444 e. The van der Waals surface area contributed by atoms with Gasteiger partial charge >= 0.3 is 6.09 Å². The first-order chi connectivity index (χ1) is 19.8. The number of amides is 1. The second-order valence-electron chi connectivity index (χ2n) is 11.8. The van der Waals surface area contributed by atoms with Crippen molar-refractivity contribution in [2.45, 2.75) is 77.1 Å². The zero-order valence-electron chi connectivity index (χ0n) is 24.0. The monoisotopic (exact) mass is 554 g/mol. The summed E-state index contributed by atoms with van der Waals surface area (Å²) in [6.07, 6.45) is 9.84. The van der Waals surface area contributed by atoms with Gasteiger partial charge in [0.25, 0.3) is 0 Å². The van der Waals surface area contributed by atoms with E-state index in [4.69, 9.17) is 4.74 Å². The lowest BCUT2D eigenvalue weighted by molar-refractivity contribution is 0.0104. The van der Waals surface area contributed by atoms with Crippen molar-refractivity contribution in [3.63, 3.8) is 0 Å². The van der Waals surface area contributed by atoms with Gasteiger partial charge in [-0.15, -0.1) is 0 Å². The number of hydrogen-bond acceptors (Lipinski definition) is 8. The molecule has 0 unspecified atom stereocenters. The summed E-state index contributed by atoms with van der Waals surface area (Å²) in [7, 11) is 0. The summed E-state index contributed by atoms with van der Waals surface area (Å²) in [5, 5.41) is 5.52. The van der Waals surface area contributed by atoms with E-state index in [-0.39, 0.29) is 12.1 Å². The number of rotatable bonds is 5. The Balaban J connectivity index is 0.000000234. The number of carbonyl (C=O) groups is 2. The number of hydrogen-bond donors (Lipinski definition) is 1. The first-order valence-corrected chi connectivity index (χ1v) is 14.4. The van der Waals surface area contributed by atoms with Crippen LogP contribution in [0.4, 0.5) is 4.79 Å². The SMILES string of the molecule is CC(C)(C)OC(=O)N1[C@H](CNCc2ccc3cccnc3n2)C[C@@H]2CCCC[C@@H]21.O=Cc1ccc2cccnc2n1. The Morgan fingerprint density at radius 2 is 1.66 bits per heavy atom. The molecule has 2 fully saturated rings. The lowest BCUT2D eigenvalue weighted by atomic mass is 9.85. The molecule has 4 aromatic rings. The zero-order chi connectivity index (χ0) is 28.8. The number of carbonyl (C=O) groups excluding carboxylic acids is 2. The van der Waals surface area contributed by atoms with Crippen molar-refractivity contribution >= 4 is 34.4 Å². The number of nitrogens with zero attached hydrogens (tertiary/aromatic N) is 5. The van der Waals surface area contributed by atoms with Crippen molar-refractivity contribution < 1.29 is 14.3 Å². The van der Waals surface area contributed by atoms with E-state index < -0.39 is 5.60 Å². The van der Waals surface area contributed by atoms with Gasteiger partial charge in [-0.3, -0.25) is 4.79 Å². The zero-order valence-corrected chi connectivity index (χ0v) is 24.0. The number of aromatic nitrogens is 4. The second-order valence-corrected chi connectivity index (χ2v) is 11.8. The Morgan fingerprint density at radius 1 is 0.976 bits per heavy atom. The highest BCUT2D eigenvalue weighted by Crippen LogP contribution is 2.40. The van der Waals surface area contributed by atoms with Crippen LogP contribution in [-0.4, -0.2) is 61.4 Å². The molecule has 1 amide bonds. The molecule has 0 spiro atoms. The van der Waals surface area contributed by atoms with Crippen LogP contribution in [0.25, 0.3) is 22.1 Å². The number of ether oxygens (including phenoxy) is 1. The van der Waals surface area contributed by atoms with E-state index in [1.54, 1.807) is 18.5 Å². The fourth-order valence-corrected chi connectivity index (χ4v) is 5.83. The van der Waals surface area contributed by atoms with Gasteiger partial charge in [-0.1, -0.05) is 12.8 Å². The van der Waals surface area contributed by atoms with Gasteiger partial charge in [0.1, 0.15) is 11.3 Å². The first kappa shape index (κ1) is 28.5.